The Kier molecular flexibility index (Phi) is 10.5. The number of allylic oxidation sites excluding steroid dienone is 1. The van der Waals surface area contributed by atoms with Gasteiger partial charge in [0.2, 0.25) is 0 Å². The van der Waals surface area contributed by atoms with Crippen LogP contribution in [0.15, 0.2) is 72.4 Å². The number of para-hydroxylation sites is 1. The molecule has 4 aliphatic rings. The molecule has 1 aromatic heterocycles. The van der Waals surface area contributed by atoms with Crippen molar-refractivity contribution in [1.82, 2.24) is 4.98 Å². The first-order chi connectivity index (χ1) is 24.9. The summed E-state index contributed by atoms with van der Waals surface area (Å²) in [5.41, 5.74) is 6.74. The van der Waals surface area contributed by atoms with Crippen LogP contribution in [0.5, 0.6) is 0 Å². The van der Waals surface area contributed by atoms with Gasteiger partial charge in [-0.25, -0.2) is 4.98 Å². The van der Waals surface area contributed by atoms with Crippen LogP contribution < -0.4 is 15.1 Å². The molecule has 9 heteroatoms. The van der Waals surface area contributed by atoms with Gasteiger partial charge in [0.25, 0.3) is 11.8 Å². The topological polar surface area (TPSA) is 101 Å². The van der Waals surface area contributed by atoms with Gasteiger partial charge < -0.3 is 24.6 Å². The van der Waals surface area contributed by atoms with Crippen molar-refractivity contribution in [3.63, 3.8) is 0 Å². The second kappa shape index (κ2) is 15.4. The average Bonchev–Trinajstić information content (AvgIpc) is 3.20. The Balaban J connectivity index is 1.03. The fourth-order valence-corrected chi connectivity index (χ4v) is 8.80. The lowest BCUT2D eigenvalue weighted by atomic mass is 9.73. The molecule has 2 aromatic carbocycles. The first-order valence-corrected chi connectivity index (χ1v) is 18.7. The first-order valence-electron chi connectivity index (χ1n) is 18.7. The van der Waals surface area contributed by atoms with E-state index in [2.05, 4.69) is 28.2 Å². The number of aromatic nitrogens is 1. The largest absolute Gasteiger partial charge is 0.469 e. The standard InChI is InChI=1S/C42H50N4O5/c1-29-34(30-9-3-4-10-32(12-7-11-30)41(49)50-2)20-24-46(37-15-6-5-13-35(29)37)40(48)31-16-18-33(19-17-31)44-39(47)36-14-8-23-43-38(36)45-27-42(28-45)21-25-51-26-22-42/h5-6,8,13-19,23,30,32H,3-4,7,9-12,20-22,24-28H2,1-2H3,(H,44,47). The summed E-state index contributed by atoms with van der Waals surface area (Å²) in [6, 6.07) is 19.1. The van der Waals surface area contributed by atoms with E-state index in [4.69, 9.17) is 9.47 Å². The van der Waals surface area contributed by atoms with Gasteiger partial charge in [-0.1, -0.05) is 43.0 Å². The minimum absolute atomic E-state index is 0.00483. The van der Waals surface area contributed by atoms with Crippen molar-refractivity contribution in [3.8, 4) is 0 Å². The number of benzene rings is 2. The van der Waals surface area contributed by atoms with E-state index in [0.29, 0.717) is 35.1 Å². The molecule has 1 aliphatic carbocycles. The van der Waals surface area contributed by atoms with Gasteiger partial charge >= 0.3 is 5.97 Å². The van der Waals surface area contributed by atoms with Crippen molar-refractivity contribution < 1.29 is 23.9 Å². The lowest BCUT2D eigenvalue weighted by Crippen LogP contribution is -2.59. The van der Waals surface area contributed by atoms with Gasteiger partial charge in [-0.15, -0.1) is 0 Å². The Morgan fingerprint density at radius 2 is 1.63 bits per heavy atom. The molecule has 2 saturated heterocycles. The predicted molar refractivity (Wildman–Crippen MR) is 200 cm³/mol. The van der Waals surface area contributed by atoms with E-state index >= 15 is 0 Å². The van der Waals surface area contributed by atoms with Gasteiger partial charge in [-0.2, -0.15) is 0 Å². The Labute approximate surface area is 301 Å². The number of nitrogens with zero attached hydrogens (tertiary/aromatic N) is 3. The molecule has 2 amide bonds. The van der Waals surface area contributed by atoms with E-state index in [0.717, 1.165) is 102 Å². The monoisotopic (exact) mass is 690 g/mol. The Morgan fingerprint density at radius 3 is 2.41 bits per heavy atom. The summed E-state index contributed by atoms with van der Waals surface area (Å²) in [5.74, 6) is 0.782. The quantitative estimate of drug-likeness (QED) is 0.262. The molecule has 3 aliphatic heterocycles. The fraction of sp³-hybridized carbons (Fsp3) is 0.476. The van der Waals surface area contributed by atoms with Gasteiger partial charge in [0.05, 0.1) is 24.3 Å². The fourth-order valence-electron chi connectivity index (χ4n) is 8.80. The van der Waals surface area contributed by atoms with Crippen LogP contribution in [-0.4, -0.2) is 62.7 Å². The van der Waals surface area contributed by atoms with Crippen molar-refractivity contribution in [1.29, 1.82) is 0 Å². The third kappa shape index (κ3) is 7.45. The minimum atomic E-state index is -0.216. The number of esters is 1. The molecular formula is C42H50N4O5. The molecule has 7 rings (SSSR count). The van der Waals surface area contributed by atoms with Crippen LogP contribution in [0, 0.1) is 17.3 Å². The summed E-state index contributed by atoms with van der Waals surface area (Å²) in [7, 11) is 1.49. The molecule has 0 bridgehead atoms. The number of carbonyl (C=O) groups is 3. The maximum atomic E-state index is 14.2. The zero-order valence-electron chi connectivity index (χ0n) is 30.0. The zero-order valence-corrected chi connectivity index (χ0v) is 30.0. The number of methoxy groups -OCH3 is 1. The molecule has 3 aromatic rings. The van der Waals surface area contributed by atoms with Crippen LogP contribution in [0.1, 0.15) is 97.4 Å². The van der Waals surface area contributed by atoms with Crippen LogP contribution in [0.25, 0.3) is 5.57 Å². The average molecular weight is 691 g/mol. The third-order valence-corrected chi connectivity index (χ3v) is 11.7. The normalized spacial score (nSPS) is 22.1. The second-order valence-corrected chi connectivity index (χ2v) is 14.9. The highest BCUT2D eigenvalue weighted by atomic mass is 16.5. The molecule has 51 heavy (non-hydrogen) atoms. The molecule has 3 fully saturated rings. The molecule has 2 atom stereocenters. The lowest BCUT2D eigenvalue weighted by Gasteiger charge is -2.53. The Morgan fingerprint density at radius 1 is 0.902 bits per heavy atom. The summed E-state index contributed by atoms with van der Waals surface area (Å²) in [5, 5.41) is 3.04. The van der Waals surface area contributed by atoms with Crippen LogP contribution >= 0.6 is 0 Å². The number of amides is 2. The number of hydrogen-bond donors (Lipinski definition) is 1. The molecule has 0 radical (unpaired) electrons. The van der Waals surface area contributed by atoms with Gasteiger partial charge in [-0.3, -0.25) is 14.4 Å². The van der Waals surface area contributed by atoms with Crippen LogP contribution in [-0.2, 0) is 14.3 Å². The Bertz CT molecular complexity index is 1770. The summed E-state index contributed by atoms with van der Waals surface area (Å²) < 4.78 is 10.6. The number of fused-ring (bicyclic) bond motifs is 1. The van der Waals surface area contributed by atoms with E-state index in [-0.39, 0.29) is 29.1 Å². The summed E-state index contributed by atoms with van der Waals surface area (Å²) in [4.78, 5) is 48.7. The van der Waals surface area contributed by atoms with E-state index in [1.165, 1.54) is 18.3 Å². The number of hydrogen-bond acceptors (Lipinski definition) is 7. The molecule has 9 nitrogen and oxygen atoms in total. The number of rotatable bonds is 6. The second-order valence-electron chi connectivity index (χ2n) is 14.9. The van der Waals surface area contributed by atoms with Gasteiger partial charge in [0.1, 0.15) is 5.82 Å². The maximum absolute atomic E-state index is 14.2. The number of anilines is 3. The third-order valence-electron chi connectivity index (χ3n) is 11.7. The highest BCUT2D eigenvalue weighted by Crippen LogP contribution is 2.43. The SMILES string of the molecule is COC(=O)C1CCCCC(C2=C(C)c3ccccc3N(C(=O)c3ccc(NC(=O)c4cccnc4N4CC5(CCOCC5)C4)cc3)CC2)CCC1. The van der Waals surface area contributed by atoms with Gasteiger partial charge in [-0.05, 0) is 106 Å². The van der Waals surface area contributed by atoms with Crippen molar-refractivity contribution in [3.05, 3.63) is 89.1 Å². The van der Waals surface area contributed by atoms with Crippen LogP contribution in [0.4, 0.5) is 17.2 Å². The molecule has 2 unspecified atom stereocenters. The van der Waals surface area contributed by atoms with E-state index in [1.807, 2.05) is 29.2 Å². The van der Waals surface area contributed by atoms with Crippen molar-refractivity contribution in [2.45, 2.75) is 71.1 Å². The van der Waals surface area contributed by atoms with Crippen LogP contribution in [0.3, 0.4) is 0 Å². The predicted octanol–water partition coefficient (Wildman–Crippen LogP) is 7.92. The zero-order chi connectivity index (χ0) is 35.4. The first kappa shape index (κ1) is 34.9. The lowest BCUT2D eigenvalue weighted by molar-refractivity contribution is -0.146. The molecule has 4 heterocycles. The van der Waals surface area contributed by atoms with Gasteiger partial charge in [0, 0.05) is 61.3 Å². The highest BCUT2D eigenvalue weighted by molar-refractivity contribution is 6.09. The summed E-state index contributed by atoms with van der Waals surface area (Å²) in [6.45, 7) is 6.17. The molecular weight excluding hydrogens is 640 g/mol. The van der Waals surface area contributed by atoms with E-state index in [1.54, 1.807) is 36.5 Å². The molecule has 1 N–H and O–H groups in total. The molecule has 1 spiro atoms. The number of nitrogens with one attached hydrogen (secondary N) is 1. The maximum Gasteiger partial charge on any atom is 0.308 e. The van der Waals surface area contributed by atoms with E-state index < -0.39 is 0 Å². The number of carbonyl (C=O) groups excluding carboxylic acids is 3. The highest BCUT2D eigenvalue weighted by Gasteiger charge is 2.45. The van der Waals surface area contributed by atoms with Crippen molar-refractivity contribution >= 4 is 40.5 Å². The van der Waals surface area contributed by atoms with E-state index in [9.17, 15) is 14.4 Å². The van der Waals surface area contributed by atoms with Crippen molar-refractivity contribution in [2.24, 2.45) is 17.3 Å². The Hall–Kier alpha value is -4.50. The summed E-state index contributed by atoms with van der Waals surface area (Å²) >= 11 is 0. The van der Waals surface area contributed by atoms with Crippen LogP contribution in [0.2, 0.25) is 0 Å². The smallest absolute Gasteiger partial charge is 0.308 e. The van der Waals surface area contributed by atoms with Gasteiger partial charge in [0.15, 0.2) is 0 Å². The molecule has 1 saturated carbocycles. The van der Waals surface area contributed by atoms with Crippen molar-refractivity contribution in [2.75, 3.05) is 55.1 Å². The number of ether oxygens (including phenoxy) is 2. The molecule has 268 valence electrons. The minimum Gasteiger partial charge on any atom is -0.469 e. The number of pyridine rings is 1. The summed E-state index contributed by atoms with van der Waals surface area (Å²) in [6.07, 6.45) is 11.6.